The number of benzene rings is 1. The minimum atomic E-state index is -0.985. The topological polar surface area (TPSA) is 87.7 Å². The maximum Gasteiger partial charge on any atom is 0.319 e. The van der Waals surface area contributed by atoms with Crippen molar-refractivity contribution >= 4 is 29.3 Å². The standard InChI is InChI=1S/C13H17ClN2O4/c1-8-3-4-10(14)11(5-8)16-13(19)15-7-9(20-2)6-12(17)18/h3-5,9H,6-7H2,1-2H3,(H,17,18)(H2,15,16,19). The molecule has 0 saturated heterocycles. The van der Waals surface area contributed by atoms with Crippen LogP contribution in [0, 0.1) is 6.92 Å². The van der Waals surface area contributed by atoms with Gasteiger partial charge < -0.3 is 20.5 Å². The second-order valence-corrected chi connectivity index (χ2v) is 4.68. The fourth-order valence-corrected chi connectivity index (χ4v) is 1.71. The van der Waals surface area contributed by atoms with Crippen LogP contribution in [0.2, 0.25) is 5.02 Å². The van der Waals surface area contributed by atoms with E-state index in [9.17, 15) is 9.59 Å². The molecule has 1 aromatic carbocycles. The summed E-state index contributed by atoms with van der Waals surface area (Å²) in [5.41, 5.74) is 1.46. The molecular weight excluding hydrogens is 284 g/mol. The zero-order chi connectivity index (χ0) is 15.1. The minimum absolute atomic E-state index is 0.0953. The molecule has 6 nitrogen and oxygen atoms in total. The highest BCUT2D eigenvalue weighted by molar-refractivity contribution is 6.33. The Morgan fingerprint density at radius 2 is 2.15 bits per heavy atom. The second kappa shape index (κ2) is 7.72. The molecule has 0 fully saturated rings. The molecule has 20 heavy (non-hydrogen) atoms. The number of nitrogens with one attached hydrogen (secondary N) is 2. The van der Waals surface area contributed by atoms with E-state index in [1.54, 1.807) is 12.1 Å². The molecular formula is C13H17ClN2O4. The Labute approximate surface area is 122 Å². The third kappa shape index (κ3) is 5.46. The van der Waals surface area contributed by atoms with Gasteiger partial charge in [0, 0.05) is 13.7 Å². The molecule has 2 amide bonds. The summed E-state index contributed by atoms with van der Waals surface area (Å²) in [6.07, 6.45) is -0.756. The maximum atomic E-state index is 11.7. The molecule has 0 heterocycles. The molecule has 0 aliphatic heterocycles. The van der Waals surface area contributed by atoms with Gasteiger partial charge in [0.1, 0.15) is 0 Å². The van der Waals surface area contributed by atoms with Crippen molar-refractivity contribution < 1.29 is 19.4 Å². The van der Waals surface area contributed by atoms with Gasteiger partial charge in [0.2, 0.25) is 0 Å². The van der Waals surface area contributed by atoms with Crippen molar-refractivity contribution in [3.8, 4) is 0 Å². The number of ether oxygens (including phenoxy) is 1. The van der Waals surface area contributed by atoms with Crippen molar-refractivity contribution in [2.45, 2.75) is 19.4 Å². The van der Waals surface area contributed by atoms with E-state index in [1.807, 2.05) is 13.0 Å². The normalized spacial score (nSPS) is 11.8. The molecule has 7 heteroatoms. The summed E-state index contributed by atoms with van der Waals surface area (Å²) in [6, 6.07) is 4.80. The number of methoxy groups -OCH3 is 1. The number of carbonyl (C=O) groups is 2. The van der Waals surface area contributed by atoms with Crippen molar-refractivity contribution in [1.29, 1.82) is 0 Å². The molecule has 3 N–H and O–H groups in total. The summed E-state index contributed by atoms with van der Waals surface area (Å²) in [5, 5.41) is 14.2. The number of anilines is 1. The summed E-state index contributed by atoms with van der Waals surface area (Å²) in [6.45, 7) is 1.98. The number of urea groups is 1. The Hall–Kier alpha value is -1.79. The third-order valence-electron chi connectivity index (χ3n) is 2.60. The molecule has 0 radical (unpaired) electrons. The van der Waals surface area contributed by atoms with Crippen LogP contribution in [0.1, 0.15) is 12.0 Å². The Balaban J connectivity index is 2.51. The summed E-state index contributed by atoms with van der Waals surface area (Å²) in [4.78, 5) is 22.3. The van der Waals surface area contributed by atoms with Crippen LogP contribution in [-0.4, -0.2) is 36.9 Å². The molecule has 1 rings (SSSR count). The lowest BCUT2D eigenvalue weighted by Gasteiger charge is -2.15. The fourth-order valence-electron chi connectivity index (χ4n) is 1.54. The van der Waals surface area contributed by atoms with Crippen LogP contribution >= 0.6 is 11.6 Å². The SMILES string of the molecule is COC(CNC(=O)Nc1cc(C)ccc1Cl)CC(=O)O. The average Bonchev–Trinajstić information content (AvgIpc) is 2.38. The number of carbonyl (C=O) groups excluding carboxylic acids is 1. The molecule has 0 bridgehead atoms. The predicted octanol–water partition coefficient (Wildman–Crippen LogP) is 2.26. The molecule has 0 aliphatic carbocycles. The number of halogens is 1. The number of aliphatic carboxylic acids is 1. The quantitative estimate of drug-likeness (QED) is 0.752. The van der Waals surface area contributed by atoms with Crippen LogP contribution in [-0.2, 0) is 9.53 Å². The van der Waals surface area contributed by atoms with Crippen LogP contribution in [0.5, 0.6) is 0 Å². The van der Waals surface area contributed by atoms with E-state index in [0.717, 1.165) is 5.56 Å². The number of carboxylic acids is 1. The van der Waals surface area contributed by atoms with E-state index < -0.39 is 18.1 Å². The number of aryl methyl sites for hydroxylation is 1. The van der Waals surface area contributed by atoms with Gasteiger partial charge >= 0.3 is 12.0 Å². The Morgan fingerprint density at radius 1 is 1.45 bits per heavy atom. The number of amides is 2. The fraction of sp³-hybridized carbons (Fsp3) is 0.385. The molecule has 0 aromatic heterocycles. The Morgan fingerprint density at radius 3 is 2.75 bits per heavy atom. The zero-order valence-corrected chi connectivity index (χ0v) is 12.0. The molecule has 110 valence electrons. The molecule has 0 saturated carbocycles. The highest BCUT2D eigenvalue weighted by Gasteiger charge is 2.14. The first-order valence-corrected chi connectivity index (χ1v) is 6.35. The van der Waals surface area contributed by atoms with Gasteiger partial charge in [-0.15, -0.1) is 0 Å². The highest BCUT2D eigenvalue weighted by atomic mass is 35.5. The van der Waals surface area contributed by atoms with Gasteiger partial charge in [-0.25, -0.2) is 4.79 Å². The molecule has 1 aromatic rings. The number of carboxylic acid groups (broad SMARTS) is 1. The smallest absolute Gasteiger partial charge is 0.319 e. The molecule has 1 atom stereocenters. The van der Waals surface area contributed by atoms with Crippen molar-refractivity contribution in [3.63, 3.8) is 0 Å². The third-order valence-corrected chi connectivity index (χ3v) is 2.93. The van der Waals surface area contributed by atoms with Gasteiger partial charge in [0.25, 0.3) is 0 Å². The van der Waals surface area contributed by atoms with Crippen molar-refractivity contribution in [2.24, 2.45) is 0 Å². The average molecular weight is 301 g/mol. The monoisotopic (exact) mass is 300 g/mol. The van der Waals surface area contributed by atoms with Crippen LogP contribution in [0.25, 0.3) is 0 Å². The van der Waals surface area contributed by atoms with E-state index in [1.165, 1.54) is 7.11 Å². The molecule has 0 spiro atoms. The first-order valence-electron chi connectivity index (χ1n) is 5.98. The van der Waals surface area contributed by atoms with E-state index in [-0.39, 0.29) is 13.0 Å². The summed E-state index contributed by atoms with van der Waals surface area (Å²) >= 11 is 5.95. The number of hydrogen-bond donors (Lipinski definition) is 3. The van der Waals surface area contributed by atoms with Gasteiger partial charge in [-0.3, -0.25) is 4.79 Å². The van der Waals surface area contributed by atoms with Gasteiger partial charge in [-0.05, 0) is 24.6 Å². The lowest BCUT2D eigenvalue weighted by Crippen LogP contribution is -2.37. The van der Waals surface area contributed by atoms with Crippen LogP contribution < -0.4 is 10.6 Å². The van der Waals surface area contributed by atoms with Crippen LogP contribution in [0.3, 0.4) is 0 Å². The van der Waals surface area contributed by atoms with E-state index in [2.05, 4.69) is 10.6 Å². The van der Waals surface area contributed by atoms with Crippen molar-refractivity contribution in [2.75, 3.05) is 19.0 Å². The van der Waals surface area contributed by atoms with Gasteiger partial charge in [0.05, 0.1) is 23.2 Å². The van der Waals surface area contributed by atoms with Crippen LogP contribution in [0.15, 0.2) is 18.2 Å². The van der Waals surface area contributed by atoms with E-state index >= 15 is 0 Å². The van der Waals surface area contributed by atoms with Gasteiger partial charge in [-0.1, -0.05) is 17.7 Å². The summed E-state index contributed by atoms with van der Waals surface area (Å²) in [5.74, 6) is -0.985. The van der Waals surface area contributed by atoms with E-state index in [4.69, 9.17) is 21.4 Å². The van der Waals surface area contributed by atoms with Crippen LogP contribution in [0.4, 0.5) is 10.5 Å². The summed E-state index contributed by atoms with van der Waals surface area (Å²) in [7, 11) is 1.39. The first-order chi connectivity index (χ1) is 9.42. The number of rotatable bonds is 6. The van der Waals surface area contributed by atoms with E-state index in [0.29, 0.717) is 10.7 Å². The Kier molecular flexibility index (Phi) is 6.27. The van der Waals surface area contributed by atoms with Crippen molar-refractivity contribution in [1.82, 2.24) is 5.32 Å². The number of hydrogen-bond acceptors (Lipinski definition) is 3. The second-order valence-electron chi connectivity index (χ2n) is 4.27. The maximum absolute atomic E-state index is 11.7. The summed E-state index contributed by atoms with van der Waals surface area (Å²) < 4.78 is 4.96. The lowest BCUT2D eigenvalue weighted by atomic mass is 10.2. The largest absolute Gasteiger partial charge is 0.481 e. The highest BCUT2D eigenvalue weighted by Crippen LogP contribution is 2.22. The Bertz CT molecular complexity index is 493. The molecule has 1 unspecified atom stereocenters. The van der Waals surface area contributed by atoms with Gasteiger partial charge in [-0.2, -0.15) is 0 Å². The minimum Gasteiger partial charge on any atom is -0.481 e. The lowest BCUT2D eigenvalue weighted by molar-refractivity contribution is -0.139. The first kappa shape index (κ1) is 16.3. The van der Waals surface area contributed by atoms with Crippen molar-refractivity contribution in [3.05, 3.63) is 28.8 Å². The predicted molar refractivity (Wildman–Crippen MR) is 76.3 cm³/mol. The molecule has 0 aliphatic rings. The zero-order valence-electron chi connectivity index (χ0n) is 11.3. The van der Waals surface area contributed by atoms with Gasteiger partial charge in [0.15, 0.2) is 0 Å².